The molecule has 4 heteroatoms. The number of aliphatic hydroxyl groups is 1. The maximum atomic E-state index is 8.59. The lowest BCUT2D eigenvalue weighted by atomic mass is 10.3. The third-order valence-corrected chi connectivity index (χ3v) is 2.21. The zero-order valence-electron chi connectivity index (χ0n) is 8.74. The van der Waals surface area contributed by atoms with Crippen LogP contribution in [0.5, 0.6) is 0 Å². The monoisotopic (exact) mass is 197 g/mol. The second kappa shape index (κ2) is 6.56. The molecule has 1 aromatic heterocycles. The molecule has 4 nitrogen and oxygen atoms in total. The molecule has 80 valence electrons. The molecule has 0 fully saturated rings. The SMILES string of the molecule is CCn1cncc1CNCCCCO. The van der Waals surface area contributed by atoms with Gasteiger partial charge in [-0.15, -0.1) is 0 Å². The number of unbranched alkanes of at least 4 members (excludes halogenated alkanes) is 1. The minimum absolute atomic E-state index is 0.286. The maximum absolute atomic E-state index is 8.59. The molecule has 0 radical (unpaired) electrons. The summed E-state index contributed by atoms with van der Waals surface area (Å²) in [6.07, 6.45) is 5.64. The average Bonchev–Trinajstić information content (AvgIpc) is 2.65. The molecule has 0 aliphatic rings. The number of hydrogen-bond donors (Lipinski definition) is 2. The van der Waals surface area contributed by atoms with E-state index in [9.17, 15) is 0 Å². The van der Waals surface area contributed by atoms with Gasteiger partial charge in [0.1, 0.15) is 0 Å². The first-order valence-corrected chi connectivity index (χ1v) is 5.19. The number of rotatable bonds is 7. The van der Waals surface area contributed by atoms with Crippen LogP contribution in [0.2, 0.25) is 0 Å². The van der Waals surface area contributed by atoms with Gasteiger partial charge in [-0.1, -0.05) is 0 Å². The van der Waals surface area contributed by atoms with Gasteiger partial charge >= 0.3 is 0 Å². The third kappa shape index (κ3) is 3.47. The molecule has 1 heterocycles. The van der Waals surface area contributed by atoms with Crippen LogP contribution in [0.3, 0.4) is 0 Å². The van der Waals surface area contributed by atoms with Crippen molar-refractivity contribution in [3.8, 4) is 0 Å². The lowest BCUT2D eigenvalue weighted by Crippen LogP contribution is -2.17. The Hall–Kier alpha value is -0.870. The minimum Gasteiger partial charge on any atom is -0.396 e. The second-order valence-corrected chi connectivity index (χ2v) is 3.28. The van der Waals surface area contributed by atoms with Crippen LogP contribution in [-0.2, 0) is 13.1 Å². The number of aliphatic hydroxyl groups excluding tert-OH is 1. The van der Waals surface area contributed by atoms with E-state index in [1.807, 2.05) is 12.5 Å². The Morgan fingerprint density at radius 3 is 3.07 bits per heavy atom. The summed E-state index contributed by atoms with van der Waals surface area (Å²) < 4.78 is 2.12. The van der Waals surface area contributed by atoms with Crippen molar-refractivity contribution in [2.24, 2.45) is 0 Å². The van der Waals surface area contributed by atoms with Crippen molar-refractivity contribution in [3.05, 3.63) is 18.2 Å². The number of nitrogens with one attached hydrogen (secondary N) is 1. The number of aryl methyl sites for hydroxylation is 1. The Labute approximate surface area is 85.0 Å². The van der Waals surface area contributed by atoms with E-state index in [0.717, 1.165) is 32.5 Å². The van der Waals surface area contributed by atoms with Crippen molar-refractivity contribution in [2.45, 2.75) is 32.9 Å². The van der Waals surface area contributed by atoms with E-state index in [0.29, 0.717) is 0 Å². The highest BCUT2D eigenvalue weighted by Crippen LogP contribution is 1.98. The highest BCUT2D eigenvalue weighted by Gasteiger charge is 1.98. The topological polar surface area (TPSA) is 50.1 Å². The molecule has 0 saturated carbocycles. The predicted molar refractivity (Wildman–Crippen MR) is 55.9 cm³/mol. The molecule has 2 N–H and O–H groups in total. The van der Waals surface area contributed by atoms with Gasteiger partial charge in [-0.3, -0.25) is 0 Å². The standard InChI is InChI=1S/C10H19N3O/c1-2-13-9-12-8-10(13)7-11-5-3-4-6-14/h8-9,11,14H,2-7H2,1H3. The molecule has 0 aromatic carbocycles. The van der Waals surface area contributed by atoms with Crippen LogP contribution >= 0.6 is 0 Å². The summed E-state index contributed by atoms with van der Waals surface area (Å²) in [7, 11) is 0. The molecule has 0 amide bonds. The Morgan fingerprint density at radius 2 is 2.36 bits per heavy atom. The molecule has 0 aliphatic heterocycles. The Morgan fingerprint density at radius 1 is 1.50 bits per heavy atom. The summed E-state index contributed by atoms with van der Waals surface area (Å²) in [5, 5.41) is 11.9. The highest BCUT2D eigenvalue weighted by atomic mass is 16.2. The van der Waals surface area contributed by atoms with Gasteiger partial charge in [0.15, 0.2) is 0 Å². The van der Waals surface area contributed by atoms with Crippen LogP contribution in [0.15, 0.2) is 12.5 Å². The third-order valence-electron chi connectivity index (χ3n) is 2.21. The van der Waals surface area contributed by atoms with Gasteiger partial charge in [0.05, 0.1) is 12.0 Å². The van der Waals surface area contributed by atoms with Crippen molar-refractivity contribution in [1.29, 1.82) is 0 Å². The zero-order valence-corrected chi connectivity index (χ0v) is 8.74. The minimum atomic E-state index is 0.286. The fourth-order valence-corrected chi connectivity index (χ4v) is 1.36. The fourth-order valence-electron chi connectivity index (χ4n) is 1.36. The predicted octanol–water partition coefficient (Wildman–Crippen LogP) is 0.765. The molecule has 0 atom stereocenters. The number of hydrogen-bond acceptors (Lipinski definition) is 3. The first kappa shape index (κ1) is 11.2. The Bertz CT molecular complexity index is 247. The Balaban J connectivity index is 2.17. The quantitative estimate of drug-likeness (QED) is 0.635. The molecule has 0 aliphatic carbocycles. The molecule has 14 heavy (non-hydrogen) atoms. The van der Waals surface area contributed by atoms with Crippen LogP contribution < -0.4 is 5.32 Å². The van der Waals surface area contributed by atoms with Gasteiger partial charge in [-0.2, -0.15) is 0 Å². The summed E-state index contributed by atoms with van der Waals surface area (Å²) in [5.41, 5.74) is 1.22. The van der Waals surface area contributed by atoms with Crippen LogP contribution in [0, 0.1) is 0 Å². The molecule has 0 bridgehead atoms. The molecule has 1 aromatic rings. The smallest absolute Gasteiger partial charge is 0.0948 e. The summed E-state index contributed by atoms with van der Waals surface area (Å²) >= 11 is 0. The van der Waals surface area contributed by atoms with E-state index in [-0.39, 0.29) is 6.61 Å². The van der Waals surface area contributed by atoms with Crippen molar-refractivity contribution in [1.82, 2.24) is 14.9 Å². The maximum Gasteiger partial charge on any atom is 0.0948 e. The second-order valence-electron chi connectivity index (χ2n) is 3.28. The lowest BCUT2D eigenvalue weighted by Gasteiger charge is -2.06. The van der Waals surface area contributed by atoms with E-state index >= 15 is 0 Å². The van der Waals surface area contributed by atoms with Gasteiger partial charge in [-0.25, -0.2) is 4.98 Å². The van der Waals surface area contributed by atoms with Crippen LogP contribution in [0.1, 0.15) is 25.5 Å². The van der Waals surface area contributed by atoms with Gasteiger partial charge in [0.25, 0.3) is 0 Å². The van der Waals surface area contributed by atoms with Crippen molar-refractivity contribution in [2.75, 3.05) is 13.2 Å². The first-order valence-electron chi connectivity index (χ1n) is 5.19. The Kier molecular flexibility index (Phi) is 5.25. The van der Waals surface area contributed by atoms with Crippen molar-refractivity contribution >= 4 is 0 Å². The fraction of sp³-hybridized carbons (Fsp3) is 0.700. The highest BCUT2D eigenvalue weighted by molar-refractivity contribution is 4.97. The number of imidazole rings is 1. The van der Waals surface area contributed by atoms with Crippen molar-refractivity contribution < 1.29 is 5.11 Å². The molecular weight excluding hydrogens is 178 g/mol. The normalized spacial score (nSPS) is 10.7. The lowest BCUT2D eigenvalue weighted by molar-refractivity contribution is 0.283. The van der Waals surface area contributed by atoms with Crippen LogP contribution in [0.25, 0.3) is 0 Å². The van der Waals surface area contributed by atoms with E-state index < -0.39 is 0 Å². The number of aromatic nitrogens is 2. The summed E-state index contributed by atoms with van der Waals surface area (Å²) in [6, 6.07) is 0. The molecule has 0 saturated heterocycles. The summed E-state index contributed by atoms with van der Waals surface area (Å²) in [5.74, 6) is 0. The summed E-state index contributed by atoms with van der Waals surface area (Å²) in [4.78, 5) is 4.09. The molecule has 1 rings (SSSR count). The van der Waals surface area contributed by atoms with E-state index in [1.54, 1.807) is 0 Å². The van der Waals surface area contributed by atoms with Crippen LogP contribution in [-0.4, -0.2) is 27.8 Å². The van der Waals surface area contributed by atoms with E-state index in [1.165, 1.54) is 5.69 Å². The zero-order chi connectivity index (χ0) is 10.2. The van der Waals surface area contributed by atoms with Crippen molar-refractivity contribution in [3.63, 3.8) is 0 Å². The van der Waals surface area contributed by atoms with Crippen LogP contribution in [0.4, 0.5) is 0 Å². The van der Waals surface area contributed by atoms with Gasteiger partial charge in [0, 0.05) is 25.9 Å². The largest absolute Gasteiger partial charge is 0.396 e. The van der Waals surface area contributed by atoms with Gasteiger partial charge in [0.2, 0.25) is 0 Å². The average molecular weight is 197 g/mol. The summed E-state index contributed by atoms with van der Waals surface area (Å²) in [6.45, 7) is 5.17. The molecule has 0 unspecified atom stereocenters. The molecule has 0 spiro atoms. The number of nitrogens with zero attached hydrogens (tertiary/aromatic N) is 2. The van der Waals surface area contributed by atoms with E-state index in [4.69, 9.17) is 5.11 Å². The van der Waals surface area contributed by atoms with Gasteiger partial charge in [-0.05, 0) is 26.3 Å². The van der Waals surface area contributed by atoms with Gasteiger partial charge < -0.3 is 15.0 Å². The van der Waals surface area contributed by atoms with E-state index in [2.05, 4.69) is 21.8 Å². The first-order chi connectivity index (χ1) is 6.88. The molecular formula is C10H19N3O.